The minimum absolute atomic E-state index is 0.721. The van der Waals surface area contributed by atoms with Crippen LogP contribution < -0.4 is 0 Å². The van der Waals surface area contributed by atoms with Crippen molar-refractivity contribution in [3.8, 4) is 45.0 Å². The number of benzene rings is 7. The minimum atomic E-state index is 0.721. The Morgan fingerprint density at radius 2 is 1.04 bits per heavy atom. The summed E-state index contributed by atoms with van der Waals surface area (Å²) >= 11 is 1.86. The lowest BCUT2D eigenvalue weighted by atomic mass is 9.92. The van der Waals surface area contributed by atoms with Crippen molar-refractivity contribution in [3.63, 3.8) is 0 Å². The first-order valence-corrected chi connectivity index (χ1v) is 16.0. The summed E-state index contributed by atoms with van der Waals surface area (Å²) in [7, 11) is 0. The molecule has 0 saturated carbocycles. The number of hydrogen-bond donors (Lipinski definition) is 0. The van der Waals surface area contributed by atoms with Gasteiger partial charge in [0.25, 0.3) is 0 Å². The van der Waals surface area contributed by atoms with E-state index in [1.165, 1.54) is 52.8 Å². The number of thiophene rings is 1. The smallest absolute Gasteiger partial charge is 0.160 e. The first-order chi connectivity index (χ1) is 22.3. The number of rotatable bonds is 4. The van der Waals surface area contributed by atoms with E-state index in [0.29, 0.717) is 0 Å². The van der Waals surface area contributed by atoms with E-state index in [4.69, 9.17) is 9.97 Å². The second-order valence-electron chi connectivity index (χ2n) is 11.4. The molecule has 210 valence electrons. The third-order valence-corrected chi connectivity index (χ3v) is 9.89. The Kier molecular flexibility index (Phi) is 6.03. The van der Waals surface area contributed by atoms with E-state index in [0.717, 1.165) is 33.9 Å². The van der Waals surface area contributed by atoms with Gasteiger partial charge in [-0.2, -0.15) is 0 Å². The first-order valence-electron chi connectivity index (χ1n) is 15.2. The van der Waals surface area contributed by atoms with E-state index in [2.05, 4.69) is 133 Å². The van der Waals surface area contributed by atoms with Crippen LogP contribution in [0.4, 0.5) is 0 Å². The van der Waals surface area contributed by atoms with Gasteiger partial charge in [-0.15, -0.1) is 11.3 Å². The predicted octanol–water partition coefficient (Wildman–Crippen LogP) is 11.8. The molecule has 2 nitrogen and oxygen atoms in total. The Labute approximate surface area is 264 Å². The maximum atomic E-state index is 5.25. The van der Waals surface area contributed by atoms with E-state index < -0.39 is 0 Å². The Morgan fingerprint density at radius 1 is 0.400 bits per heavy atom. The molecule has 0 fully saturated rings. The van der Waals surface area contributed by atoms with Crippen LogP contribution in [0, 0.1) is 0 Å². The molecule has 7 aromatic carbocycles. The molecule has 0 saturated heterocycles. The molecule has 0 aliphatic heterocycles. The molecular weight excluding hydrogens is 565 g/mol. The van der Waals surface area contributed by atoms with Crippen LogP contribution in [0.5, 0.6) is 0 Å². The summed E-state index contributed by atoms with van der Waals surface area (Å²) in [5, 5.41) is 7.57. The van der Waals surface area contributed by atoms with Crippen molar-refractivity contribution < 1.29 is 0 Å². The number of fused-ring (bicyclic) bond motifs is 6. The van der Waals surface area contributed by atoms with E-state index in [1.807, 2.05) is 35.6 Å². The second-order valence-corrected chi connectivity index (χ2v) is 12.4. The zero-order chi connectivity index (χ0) is 29.7. The van der Waals surface area contributed by atoms with Gasteiger partial charge in [0.1, 0.15) is 0 Å². The predicted molar refractivity (Wildman–Crippen MR) is 192 cm³/mol. The van der Waals surface area contributed by atoms with Crippen molar-refractivity contribution in [1.82, 2.24) is 9.97 Å². The van der Waals surface area contributed by atoms with Crippen molar-refractivity contribution in [2.45, 2.75) is 0 Å². The molecule has 0 radical (unpaired) electrons. The Hall–Kier alpha value is -5.64. The molecule has 0 unspecified atom stereocenters. The van der Waals surface area contributed by atoms with Crippen molar-refractivity contribution in [3.05, 3.63) is 158 Å². The third kappa shape index (κ3) is 4.40. The van der Waals surface area contributed by atoms with Gasteiger partial charge in [0.15, 0.2) is 5.82 Å². The standard InChI is InChI=1S/C42H26N2S/c1-3-12-29(13-4-1)37-26-38(44-42(43-37)30-14-5-2-6-15-30)35-24-23-34-33-17-9-10-18-39(33)45-41(34)40(35)31-22-21-28-20-19-27-11-7-8-16-32(27)36(28)25-31/h1-26H. The molecule has 3 heteroatoms. The third-order valence-electron chi connectivity index (χ3n) is 8.69. The largest absolute Gasteiger partial charge is 0.228 e. The van der Waals surface area contributed by atoms with Gasteiger partial charge >= 0.3 is 0 Å². The quantitative estimate of drug-likeness (QED) is 0.191. The molecule has 0 amide bonds. The second kappa shape index (κ2) is 10.5. The molecule has 0 N–H and O–H groups in total. The maximum Gasteiger partial charge on any atom is 0.160 e. The van der Waals surface area contributed by atoms with Crippen molar-refractivity contribution in [2.24, 2.45) is 0 Å². The fourth-order valence-electron chi connectivity index (χ4n) is 6.50. The lowest BCUT2D eigenvalue weighted by Crippen LogP contribution is -1.97. The first kappa shape index (κ1) is 25.8. The van der Waals surface area contributed by atoms with E-state index in [1.54, 1.807) is 0 Å². The molecule has 2 aromatic heterocycles. The molecule has 9 rings (SSSR count). The highest BCUT2D eigenvalue weighted by molar-refractivity contribution is 7.26. The summed E-state index contributed by atoms with van der Waals surface area (Å²) in [6.45, 7) is 0. The van der Waals surface area contributed by atoms with Gasteiger partial charge < -0.3 is 0 Å². The van der Waals surface area contributed by atoms with Gasteiger partial charge in [-0.25, -0.2) is 9.97 Å². The summed E-state index contributed by atoms with van der Waals surface area (Å²) in [5.41, 5.74) is 7.39. The summed E-state index contributed by atoms with van der Waals surface area (Å²) in [4.78, 5) is 10.3. The highest BCUT2D eigenvalue weighted by atomic mass is 32.1. The average Bonchev–Trinajstić information content (AvgIpc) is 3.50. The van der Waals surface area contributed by atoms with Crippen LogP contribution in [0.25, 0.3) is 86.7 Å². The van der Waals surface area contributed by atoms with Crippen LogP contribution in [-0.2, 0) is 0 Å². The van der Waals surface area contributed by atoms with Gasteiger partial charge in [-0.05, 0) is 45.3 Å². The monoisotopic (exact) mass is 590 g/mol. The Morgan fingerprint density at radius 3 is 1.87 bits per heavy atom. The topological polar surface area (TPSA) is 25.8 Å². The van der Waals surface area contributed by atoms with Crippen LogP contribution in [0.1, 0.15) is 0 Å². The SMILES string of the molecule is c1ccc(-c2cc(-c3ccc4c(sc5ccccc54)c3-c3ccc4ccc5ccccc5c4c3)nc(-c3ccccc3)n2)cc1. The summed E-state index contributed by atoms with van der Waals surface area (Å²) in [6.07, 6.45) is 0. The lowest BCUT2D eigenvalue weighted by molar-refractivity contribution is 1.18. The van der Waals surface area contributed by atoms with Crippen molar-refractivity contribution in [2.75, 3.05) is 0 Å². The normalized spacial score (nSPS) is 11.6. The molecule has 2 heterocycles. The molecule has 0 bridgehead atoms. The summed E-state index contributed by atoms with van der Waals surface area (Å²) < 4.78 is 2.56. The Bertz CT molecular complexity index is 2470. The van der Waals surface area contributed by atoms with E-state index >= 15 is 0 Å². The lowest BCUT2D eigenvalue weighted by Gasteiger charge is -2.15. The van der Waals surface area contributed by atoms with Gasteiger partial charge in [-0.1, -0.05) is 140 Å². The highest BCUT2D eigenvalue weighted by Gasteiger charge is 2.19. The van der Waals surface area contributed by atoms with Crippen molar-refractivity contribution >= 4 is 53.1 Å². The fraction of sp³-hybridized carbons (Fsp3) is 0. The maximum absolute atomic E-state index is 5.25. The van der Waals surface area contributed by atoms with E-state index in [-0.39, 0.29) is 0 Å². The van der Waals surface area contributed by atoms with Crippen molar-refractivity contribution in [1.29, 1.82) is 0 Å². The highest BCUT2D eigenvalue weighted by Crippen LogP contribution is 2.46. The zero-order valence-electron chi connectivity index (χ0n) is 24.3. The fourth-order valence-corrected chi connectivity index (χ4v) is 7.78. The number of nitrogens with zero attached hydrogens (tertiary/aromatic N) is 2. The molecule has 45 heavy (non-hydrogen) atoms. The van der Waals surface area contributed by atoms with Crippen LogP contribution in [0.15, 0.2) is 158 Å². The molecule has 0 aliphatic rings. The van der Waals surface area contributed by atoms with Gasteiger partial charge in [0.2, 0.25) is 0 Å². The average molecular weight is 591 g/mol. The van der Waals surface area contributed by atoms with Crippen LogP contribution >= 0.6 is 11.3 Å². The summed E-state index contributed by atoms with van der Waals surface area (Å²) in [5.74, 6) is 0.721. The number of hydrogen-bond acceptors (Lipinski definition) is 3. The van der Waals surface area contributed by atoms with Gasteiger partial charge in [-0.3, -0.25) is 0 Å². The van der Waals surface area contributed by atoms with Gasteiger partial charge in [0.05, 0.1) is 11.4 Å². The molecule has 0 aliphatic carbocycles. The minimum Gasteiger partial charge on any atom is -0.228 e. The summed E-state index contributed by atoms with van der Waals surface area (Å²) in [6, 6.07) is 56.1. The van der Waals surface area contributed by atoms with Crippen LogP contribution in [0.2, 0.25) is 0 Å². The molecule has 0 atom stereocenters. The van der Waals surface area contributed by atoms with Gasteiger partial charge in [0, 0.05) is 42.4 Å². The number of aromatic nitrogens is 2. The van der Waals surface area contributed by atoms with E-state index in [9.17, 15) is 0 Å². The molecule has 0 spiro atoms. The Balaban J connectivity index is 1.37. The molecular formula is C42H26N2S. The van der Waals surface area contributed by atoms with Crippen LogP contribution in [0.3, 0.4) is 0 Å². The zero-order valence-corrected chi connectivity index (χ0v) is 25.1. The molecule has 9 aromatic rings. The van der Waals surface area contributed by atoms with Crippen LogP contribution in [-0.4, -0.2) is 9.97 Å².